The molecule has 1 aromatic heterocycles. The summed E-state index contributed by atoms with van der Waals surface area (Å²) in [5, 5.41) is 5.91. The third kappa shape index (κ3) is 2.38. The molecular weight excluding hydrogens is 302 g/mol. The molecule has 3 aromatic rings. The van der Waals surface area contributed by atoms with Crippen molar-refractivity contribution in [1.82, 2.24) is 0 Å². The maximum absolute atomic E-state index is 5.43. The van der Waals surface area contributed by atoms with Crippen molar-refractivity contribution < 1.29 is 4.42 Å². The quantitative estimate of drug-likeness (QED) is 0.703. The lowest BCUT2D eigenvalue weighted by Gasteiger charge is -2.15. The molecule has 0 saturated heterocycles. The molecule has 2 nitrogen and oxygen atoms in total. The normalized spacial score (nSPS) is 12.5. The molecule has 0 saturated carbocycles. The molecule has 96 valence electrons. The average Bonchev–Trinajstić information content (AvgIpc) is 2.96. The Bertz CT molecular complexity index is 691. The second kappa shape index (κ2) is 5.10. The molecule has 0 bridgehead atoms. The van der Waals surface area contributed by atoms with Crippen molar-refractivity contribution in [3.63, 3.8) is 0 Å². The lowest BCUT2D eigenvalue weighted by atomic mass is 10.1. The summed E-state index contributed by atoms with van der Waals surface area (Å²) in [6.07, 6.45) is 1.70. The van der Waals surface area contributed by atoms with Gasteiger partial charge in [0.25, 0.3) is 0 Å². The van der Waals surface area contributed by atoms with Crippen molar-refractivity contribution in [2.24, 2.45) is 0 Å². The third-order valence-corrected chi connectivity index (χ3v) is 3.90. The zero-order valence-electron chi connectivity index (χ0n) is 10.6. The highest BCUT2D eigenvalue weighted by Gasteiger charge is 2.10. The predicted octanol–water partition coefficient (Wildman–Crippen LogP) is 5.37. The first-order valence-electron chi connectivity index (χ1n) is 6.23. The molecule has 0 aliphatic carbocycles. The highest BCUT2D eigenvalue weighted by Crippen LogP contribution is 2.32. The fourth-order valence-electron chi connectivity index (χ4n) is 2.23. The molecule has 1 atom stereocenters. The van der Waals surface area contributed by atoms with Gasteiger partial charge >= 0.3 is 0 Å². The van der Waals surface area contributed by atoms with Crippen LogP contribution in [0.25, 0.3) is 10.8 Å². The summed E-state index contributed by atoms with van der Waals surface area (Å²) in [5.74, 6) is 0.937. The summed E-state index contributed by atoms with van der Waals surface area (Å²) in [6, 6.07) is 16.5. The van der Waals surface area contributed by atoms with Crippen LogP contribution in [0.3, 0.4) is 0 Å². The SMILES string of the molecule is CC(Nc1ccc(Br)c2ccccc12)c1ccco1. The first kappa shape index (κ1) is 12.3. The van der Waals surface area contributed by atoms with Crippen LogP contribution in [0.5, 0.6) is 0 Å². The van der Waals surface area contributed by atoms with Gasteiger partial charge in [-0.25, -0.2) is 0 Å². The summed E-state index contributed by atoms with van der Waals surface area (Å²) in [4.78, 5) is 0. The second-order valence-corrected chi connectivity index (χ2v) is 5.38. The Morgan fingerprint density at radius 2 is 1.79 bits per heavy atom. The number of benzene rings is 2. The van der Waals surface area contributed by atoms with Crippen LogP contribution in [0, 0.1) is 0 Å². The Kier molecular flexibility index (Phi) is 3.30. The fraction of sp³-hybridized carbons (Fsp3) is 0.125. The van der Waals surface area contributed by atoms with Gasteiger partial charge in [0.15, 0.2) is 0 Å². The zero-order valence-corrected chi connectivity index (χ0v) is 12.1. The number of fused-ring (bicyclic) bond motifs is 1. The van der Waals surface area contributed by atoms with Crippen molar-refractivity contribution in [2.45, 2.75) is 13.0 Å². The lowest BCUT2D eigenvalue weighted by Crippen LogP contribution is -2.05. The molecule has 1 heterocycles. The number of rotatable bonds is 3. The number of halogens is 1. The first-order chi connectivity index (χ1) is 9.25. The van der Waals surface area contributed by atoms with E-state index in [2.05, 4.69) is 58.5 Å². The van der Waals surface area contributed by atoms with Crippen LogP contribution in [0.1, 0.15) is 18.7 Å². The van der Waals surface area contributed by atoms with Gasteiger partial charge in [-0.15, -0.1) is 0 Å². The van der Waals surface area contributed by atoms with Crippen LogP contribution in [0.15, 0.2) is 63.7 Å². The van der Waals surface area contributed by atoms with E-state index in [4.69, 9.17) is 4.42 Å². The van der Waals surface area contributed by atoms with Gasteiger partial charge in [0.05, 0.1) is 12.3 Å². The molecule has 3 heteroatoms. The molecular formula is C16H14BrNO. The van der Waals surface area contributed by atoms with E-state index in [1.807, 2.05) is 18.2 Å². The molecule has 0 fully saturated rings. The van der Waals surface area contributed by atoms with E-state index < -0.39 is 0 Å². The largest absolute Gasteiger partial charge is 0.467 e. The van der Waals surface area contributed by atoms with Gasteiger partial charge in [-0.05, 0) is 36.6 Å². The smallest absolute Gasteiger partial charge is 0.125 e. The van der Waals surface area contributed by atoms with Gasteiger partial charge in [0.1, 0.15) is 5.76 Å². The van der Waals surface area contributed by atoms with E-state index in [-0.39, 0.29) is 6.04 Å². The summed E-state index contributed by atoms with van der Waals surface area (Å²) in [5.41, 5.74) is 1.11. The minimum Gasteiger partial charge on any atom is -0.467 e. The lowest BCUT2D eigenvalue weighted by molar-refractivity contribution is 0.491. The molecule has 1 unspecified atom stereocenters. The van der Waals surface area contributed by atoms with Crippen LogP contribution < -0.4 is 5.32 Å². The Morgan fingerprint density at radius 3 is 2.53 bits per heavy atom. The highest BCUT2D eigenvalue weighted by atomic mass is 79.9. The molecule has 19 heavy (non-hydrogen) atoms. The average molecular weight is 316 g/mol. The second-order valence-electron chi connectivity index (χ2n) is 4.52. The van der Waals surface area contributed by atoms with E-state index in [1.165, 1.54) is 10.8 Å². The number of nitrogens with one attached hydrogen (secondary N) is 1. The van der Waals surface area contributed by atoms with E-state index in [9.17, 15) is 0 Å². The van der Waals surface area contributed by atoms with Crippen molar-refractivity contribution in [2.75, 3.05) is 5.32 Å². The molecule has 0 amide bonds. The number of hydrogen-bond donors (Lipinski definition) is 1. The molecule has 0 spiro atoms. The maximum atomic E-state index is 5.43. The van der Waals surface area contributed by atoms with Crippen LogP contribution in [-0.4, -0.2) is 0 Å². The summed E-state index contributed by atoms with van der Waals surface area (Å²) in [6.45, 7) is 2.09. The monoisotopic (exact) mass is 315 g/mol. The van der Waals surface area contributed by atoms with E-state index in [1.54, 1.807) is 6.26 Å². The number of anilines is 1. The van der Waals surface area contributed by atoms with Crippen LogP contribution in [0.4, 0.5) is 5.69 Å². The molecule has 0 aliphatic heterocycles. The number of hydrogen-bond acceptors (Lipinski definition) is 2. The number of furan rings is 1. The van der Waals surface area contributed by atoms with Crippen molar-refractivity contribution in [3.8, 4) is 0 Å². The van der Waals surface area contributed by atoms with Crippen LogP contribution >= 0.6 is 15.9 Å². The summed E-state index contributed by atoms with van der Waals surface area (Å²) in [7, 11) is 0. The summed E-state index contributed by atoms with van der Waals surface area (Å²) >= 11 is 3.59. The van der Waals surface area contributed by atoms with Crippen LogP contribution in [-0.2, 0) is 0 Å². The van der Waals surface area contributed by atoms with Gasteiger partial charge in [0.2, 0.25) is 0 Å². The standard InChI is InChI=1S/C16H14BrNO/c1-11(16-7-4-10-19-16)18-15-9-8-14(17)12-5-2-3-6-13(12)15/h2-11,18H,1H3. The van der Waals surface area contributed by atoms with E-state index >= 15 is 0 Å². The topological polar surface area (TPSA) is 25.2 Å². The summed E-state index contributed by atoms with van der Waals surface area (Å²) < 4.78 is 6.54. The van der Waals surface area contributed by atoms with Gasteiger partial charge in [0, 0.05) is 15.5 Å². The molecule has 2 aromatic carbocycles. The van der Waals surface area contributed by atoms with Crippen LogP contribution in [0.2, 0.25) is 0 Å². The van der Waals surface area contributed by atoms with Crippen molar-refractivity contribution in [3.05, 3.63) is 65.0 Å². The molecule has 1 N–H and O–H groups in total. The first-order valence-corrected chi connectivity index (χ1v) is 7.02. The maximum Gasteiger partial charge on any atom is 0.125 e. The minimum absolute atomic E-state index is 0.139. The minimum atomic E-state index is 0.139. The van der Waals surface area contributed by atoms with E-state index in [0.29, 0.717) is 0 Å². The molecule has 3 rings (SSSR count). The van der Waals surface area contributed by atoms with Gasteiger partial charge in [-0.3, -0.25) is 0 Å². The van der Waals surface area contributed by atoms with Crippen molar-refractivity contribution >= 4 is 32.4 Å². The van der Waals surface area contributed by atoms with E-state index in [0.717, 1.165) is 15.9 Å². The Hall–Kier alpha value is -1.74. The zero-order chi connectivity index (χ0) is 13.2. The molecule has 0 aliphatic rings. The Labute approximate surface area is 120 Å². The van der Waals surface area contributed by atoms with Gasteiger partial charge in [-0.2, -0.15) is 0 Å². The fourth-order valence-corrected chi connectivity index (χ4v) is 2.71. The third-order valence-electron chi connectivity index (χ3n) is 3.21. The highest BCUT2D eigenvalue weighted by molar-refractivity contribution is 9.10. The Balaban J connectivity index is 2.00. The predicted molar refractivity (Wildman–Crippen MR) is 82.4 cm³/mol. The molecule has 0 radical (unpaired) electrons. The van der Waals surface area contributed by atoms with Gasteiger partial charge < -0.3 is 9.73 Å². The van der Waals surface area contributed by atoms with Crippen molar-refractivity contribution in [1.29, 1.82) is 0 Å². The Morgan fingerprint density at radius 1 is 1.00 bits per heavy atom. The van der Waals surface area contributed by atoms with Gasteiger partial charge in [-0.1, -0.05) is 40.2 Å².